The van der Waals surface area contributed by atoms with E-state index in [1.54, 1.807) is 0 Å². The number of aliphatic hydroxyl groups is 1. The average Bonchev–Trinajstić information content (AvgIpc) is 2.11. The lowest BCUT2D eigenvalue weighted by molar-refractivity contribution is 0.182. The maximum Gasteiger partial charge on any atom is 0.0611 e. The molecule has 0 fully saturated rings. The summed E-state index contributed by atoms with van der Waals surface area (Å²) in [5, 5.41) is 9.11. The monoisotopic (exact) mass is 219 g/mol. The summed E-state index contributed by atoms with van der Waals surface area (Å²) in [6.07, 6.45) is 2.86. The molecule has 0 saturated heterocycles. The van der Waals surface area contributed by atoms with E-state index in [2.05, 4.69) is 20.8 Å². The van der Waals surface area contributed by atoms with E-state index >= 15 is 0 Å². The van der Waals surface area contributed by atoms with Crippen LogP contribution in [0.15, 0.2) is 0 Å². The standard InChI is InChI=1S/C11H25NOS/c1-5-11(12,9-13)7-6-8-14-10(2,3)4/h13H,5-9,12H2,1-4H3. The zero-order valence-electron chi connectivity index (χ0n) is 9.97. The first-order chi connectivity index (χ1) is 6.33. The zero-order valence-corrected chi connectivity index (χ0v) is 10.8. The summed E-state index contributed by atoms with van der Waals surface area (Å²) in [4.78, 5) is 0. The van der Waals surface area contributed by atoms with Gasteiger partial charge in [-0.3, -0.25) is 0 Å². The van der Waals surface area contributed by atoms with E-state index in [0.717, 1.165) is 25.0 Å². The molecule has 0 aliphatic heterocycles. The molecule has 3 N–H and O–H groups in total. The van der Waals surface area contributed by atoms with Crippen molar-refractivity contribution >= 4 is 11.8 Å². The SMILES string of the molecule is CCC(N)(CO)CCCSC(C)(C)C. The van der Waals surface area contributed by atoms with Crippen LogP contribution in [-0.2, 0) is 0 Å². The van der Waals surface area contributed by atoms with Gasteiger partial charge in [-0.25, -0.2) is 0 Å². The predicted molar refractivity (Wildman–Crippen MR) is 65.7 cm³/mol. The van der Waals surface area contributed by atoms with Crippen LogP contribution in [0.2, 0.25) is 0 Å². The van der Waals surface area contributed by atoms with Gasteiger partial charge in [-0.1, -0.05) is 27.7 Å². The fourth-order valence-corrected chi connectivity index (χ4v) is 2.07. The molecule has 0 aliphatic carbocycles. The molecule has 0 rings (SSSR count). The number of nitrogens with two attached hydrogens (primary N) is 1. The lowest BCUT2D eigenvalue weighted by Gasteiger charge is -2.26. The van der Waals surface area contributed by atoms with Crippen molar-refractivity contribution < 1.29 is 5.11 Å². The molecular formula is C11H25NOS. The van der Waals surface area contributed by atoms with Crippen molar-refractivity contribution in [3.63, 3.8) is 0 Å². The van der Waals surface area contributed by atoms with E-state index < -0.39 is 0 Å². The number of hydrogen-bond acceptors (Lipinski definition) is 3. The highest BCUT2D eigenvalue weighted by Gasteiger charge is 2.21. The van der Waals surface area contributed by atoms with Gasteiger partial charge in [-0.2, -0.15) is 11.8 Å². The molecule has 86 valence electrons. The Morgan fingerprint density at radius 1 is 1.29 bits per heavy atom. The van der Waals surface area contributed by atoms with E-state index in [1.807, 2.05) is 18.7 Å². The van der Waals surface area contributed by atoms with E-state index in [4.69, 9.17) is 10.8 Å². The van der Waals surface area contributed by atoms with E-state index in [-0.39, 0.29) is 12.1 Å². The van der Waals surface area contributed by atoms with Crippen LogP contribution in [0.4, 0.5) is 0 Å². The Balaban J connectivity index is 3.63. The van der Waals surface area contributed by atoms with Crippen molar-refractivity contribution in [3.8, 4) is 0 Å². The van der Waals surface area contributed by atoms with E-state index in [0.29, 0.717) is 4.75 Å². The van der Waals surface area contributed by atoms with Crippen LogP contribution < -0.4 is 5.73 Å². The van der Waals surface area contributed by atoms with Crippen LogP contribution in [0.25, 0.3) is 0 Å². The number of thioether (sulfide) groups is 1. The molecule has 2 nitrogen and oxygen atoms in total. The summed E-state index contributed by atoms with van der Waals surface area (Å²) in [7, 11) is 0. The first-order valence-electron chi connectivity index (χ1n) is 5.37. The summed E-state index contributed by atoms with van der Waals surface area (Å²) >= 11 is 1.96. The number of rotatable bonds is 6. The Hall–Kier alpha value is 0.270. The van der Waals surface area contributed by atoms with Crippen molar-refractivity contribution in [2.75, 3.05) is 12.4 Å². The minimum Gasteiger partial charge on any atom is -0.394 e. The van der Waals surface area contributed by atoms with Crippen molar-refractivity contribution in [1.29, 1.82) is 0 Å². The third-order valence-electron chi connectivity index (χ3n) is 2.37. The highest BCUT2D eigenvalue weighted by Crippen LogP contribution is 2.25. The molecule has 14 heavy (non-hydrogen) atoms. The second-order valence-electron chi connectivity index (χ2n) is 4.94. The summed E-state index contributed by atoms with van der Waals surface area (Å²) in [5.74, 6) is 1.13. The third-order valence-corrected chi connectivity index (χ3v) is 3.73. The molecule has 0 aromatic carbocycles. The molecule has 1 atom stereocenters. The fourth-order valence-electron chi connectivity index (χ4n) is 1.17. The lowest BCUT2D eigenvalue weighted by atomic mass is 9.93. The Morgan fingerprint density at radius 2 is 1.86 bits per heavy atom. The van der Waals surface area contributed by atoms with Crippen LogP contribution in [0.5, 0.6) is 0 Å². The molecule has 3 heteroatoms. The van der Waals surface area contributed by atoms with Gasteiger partial charge in [0, 0.05) is 10.3 Å². The van der Waals surface area contributed by atoms with Gasteiger partial charge in [0.05, 0.1) is 6.61 Å². The molecular weight excluding hydrogens is 194 g/mol. The van der Waals surface area contributed by atoms with Crippen molar-refractivity contribution in [2.45, 2.75) is 57.2 Å². The van der Waals surface area contributed by atoms with Gasteiger partial charge in [0.2, 0.25) is 0 Å². The van der Waals surface area contributed by atoms with E-state index in [9.17, 15) is 0 Å². The Labute approximate surface area is 92.6 Å². The van der Waals surface area contributed by atoms with Crippen LogP contribution in [-0.4, -0.2) is 27.8 Å². The van der Waals surface area contributed by atoms with Gasteiger partial charge >= 0.3 is 0 Å². The highest BCUT2D eigenvalue weighted by atomic mass is 32.2. The zero-order chi connectivity index (χ0) is 11.2. The van der Waals surface area contributed by atoms with Crippen LogP contribution in [0, 0.1) is 0 Å². The Morgan fingerprint density at radius 3 is 2.21 bits per heavy atom. The van der Waals surface area contributed by atoms with Crippen molar-refractivity contribution in [3.05, 3.63) is 0 Å². The predicted octanol–water partition coefficient (Wildman–Crippen LogP) is 2.40. The van der Waals surface area contributed by atoms with Crippen molar-refractivity contribution in [1.82, 2.24) is 0 Å². The minimum absolute atomic E-state index is 0.101. The summed E-state index contributed by atoms with van der Waals surface area (Å²) < 4.78 is 0.336. The summed E-state index contributed by atoms with van der Waals surface area (Å²) in [5.41, 5.74) is 5.64. The fraction of sp³-hybridized carbons (Fsp3) is 1.00. The van der Waals surface area contributed by atoms with Gasteiger partial charge in [0.1, 0.15) is 0 Å². The minimum atomic E-state index is -0.349. The summed E-state index contributed by atoms with van der Waals surface area (Å²) in [6, 6.07) is 0. The second kappa shape index (κ2) is 5.99. The maximum atomic E-state index is 9.11. The maximum absolute atomic E-state index is 9.11. The van der Waals surface area contributed by atoms with Crippen LogP contribution >= 0.6 is 11.8 Å². The highest BCUT2D eigenvalue weighted by molar-refractivity contribution is 8.00. The van der Waals surface area contributed by atoms with Crippen LogP contribution in [0.1, 0.15) is 47.0 Å². The molecule has 0 amide bonds. The molecule has 0 spiro atoms. The molecule has 0 heterocycles. The Bertz CT molecular complexity index is 150. The largest absolute Gasteiger partial charge is 0.394 e. The molecule has 0 aliphatic rings. The number of hydrogen-bond donors (Lipinski definition) is 2. The molecule has 0 aromatic heterocycles. The van der Waals surface area contributed by atoms with Gasteiger partial charge in [0.15, 0.2) is 0 Å². The first kappa shape index (κ1) is 14.3. The van der Waals surface area contributed by atoms with Crippen LogP contribution in [0.3, 0.4) is 0 Å². The summed E-state index contributed by atoms with van der Waals surface area (Å²) in [6.45, 7) is 8.80. The first-order valence-corrected chi connectivity index (χ1v) is 6.35. The molecule has 0 aromatic rings. The lowest BCUT2D eigenvalue weighted by Crippen LogP contribution is -2.43. The average molecular weight is 219 g/mol. The topological polar surface area (TPSA) is 46.2 Å². The number of aliphatic hydroxyl groups excluding tert-OH is 1. The van der Waals surface area contributed by atoms with Gasteiger partial charge in [0.25, 0.3) is 0 Å². The Kier molecular flexibility index (Phi) is 6.10. The second-order valence-corrected chi connectivity index (χ2v) is 6.86. The molecule has 0 bridgehead atoms. The smallest absolute Gasteiger partial charge is 0.0611 e. The molecule has 1 unspecified atom stereocenters. The van der Waals surface area contributed by atoms with Gasteiger partial charge in [-0.15, -0.1) is 0 Å². The molecule has 0 radical (unpaired) electrons. The normalized spacial score (nSPS) is 16.7. The van der Waals surface area contributed by atoms with Crippen molar-refractivity contribution in [2.24, 2.45) is 5.73 Å². The molecule has 0 saturated carbocycles. The third kappa shape index (κ3) is 6.68. The quantitative estimate of drug-likeness (QED) is 0.674. The van der Waals surface area contributed by atoms with Gasteiger partial charge < -0.3 is 10.8 Å². The van der Waals surface area contributed by atoms with Gasteiger partial charge in [-0.05, 0) is 25.0 Å². The van der Waals surface area contributed by atoms with E-state index in [1.165, 1.54) is 0 Å².